The average Bonchev–Trinajstić information content (AvgIpc) is 3.26. The summed E-state index contributed by atoms with van der Waals surface area (Å²) in [6.45, 7) is 10.1. The van der Waals surface area contributed by atoms with Crippen LogP contribution in [0.4, 0.5) is 0 Å². The van der Waals surface area contributed by atoms with Gasteiger partial charge in [0.25, 0.3) is 5.91 Å². The van der Waals surface area contributed by atoms with E-state index in [1.165, 1.54) is 6.07 Å². The van der Waals surface area contributed by atoms with Crippen molar-refractivity contribution in [2.75, 3.05) is 6.61 Å². The first-order valence-electron chi connectivity index (χ1n) is 14.6. The molecule has 1 aromatic carbocycles. The first-order valence-corrected chi connectivity index (χ1v) is 14.6. The number of hydrogen-bond acceptors (Lipinski definition) is 6. The molecule has 40 heavy (non-hydrogen) atoms. The van der Waals surface area contributed by atoms with Crippen LogP contribution in [0.25, 0.3) is 0 Å². The molecule has 0 bridgehead atoms. The SMILES string of the molecule is C=CC(C)C(C)Oc1ccc(CN2C(=O)c3cc(C(=O)OCC)nn3C3C4CC4C32C(=O)NC2CCCC2)cc1. The molecule has 0 saturated heterocycles. The molecular formula is C31H38N4O5. The highest BCUT2D eigenvalue weighted by Gasteiger charge is 2.80. The number of carbonyl (C=O) groups is 3. The Labute approximate surface area is 234 Å². The Morgan fingerprint density at radius 2 is 1.95 bits per heavy atom. The second-order valence-electron chi connectivity index (χ2n) is 11.8. The summed E-state index contributed by atoms with van der Waals surface area (Å²) < 4.78 is 12.9. The topological polar surface area (TPSA) is 103 Å². The first kappa shape index (κ1) is 26.6. The number of rotatable bonds is 10. The first-order chi connectivity index (χ1) is 19.3. The van der Waals surface area contributed by atoms with E-state index in [1.807, 2.05) is 37.3 Å². The molecule has 9 nitrogen and oxygen atoms in total. The molecule has 6 rings (SSSR count). The molecule has 1 aromatic heterocycles. The van der Waals surface area contributed by atoms with Gasteiger partial charge in [0.1, 0.15) is 23.1 Å². The van der Waals surface area contributed by atoms with Crippen molar-refractivity contribution in [3.05, 3.63) is 59.9 Å². The van der Waals surface area contributed by atoms with Crippen LogP contribution in [0, 0.1) is 17.8 Å². The van der Waals surface area contributed by atoms with Crippen molar-refractivity contribution >= 4 is 17.8 Å². The zero-order valence-electron chi connectivity index (χ0n) is 23.5. The van der Waals surface area contributed by atoms with Crippen LogP contribution in [-0.2, 0) is 16.1 Å². The lowest BCUT2D eigenvalue weighted by atomic mass is 9.67. The smallest absolute Gasteiger partial charge is 0.358 e. The molecular weight excluding hydrogens is 508 g/mol. The summed E-state index contributed by atoms with van der Waals surface area (Å²) in [5.41, 5.74) is 0.304. The van der Waals surface area contributed by atoms with Crippen molar-refractivity contribution in [3.8, 4) is 5.75 Å². The molecule has 1 N–H and O–H groups in total. The Morgan fingerprint density at radius 3 is 2.62 bits per heavy atom. The van der Waals surface area contributed by atoms with Crippen LogP contribution in [0.2, 0.25) is 0 Å². The highest BCUT2D eigenvalue weighted by atomic mass is 16.5. The fraction of sp³-hybridized carbons (Fsp3) is 0.548. The van der Waals surface area contributed by atoms with Gasteiger partial charge < -0.3 is 19.7 Å². The predicted octanol–water partition coefficient (Wildman–Crippen LogP) is 4.29. The number of nitrogens with zero attached hydrogens (tertiary/aromatic N) is 3. The zero-order chi connectivity index (χ0) is 28.2. The minimum absolute atomic E-state index is 0.0222. The average molecular weight is 547 g/mol. The molecule has 2 amide bonds. The molecule has 2 heterocycles. The summed E-state index contributed by atoms with van der Waals surface area (Å²) in [6.07, 6.45) is 6.81. The van der Waals surface area contributed by atoms with Crippen LogP contribution >= 0.6 is 0 Å². The lowest BCUT2D eigenvalue weighted by molar-refractivity contribution is -0.149. The van der Waals surface area contributed by atoms with Crippen LogP contribution in [0.1, 0.15) is 85.5 Å². The maximum atomic E-state index is 14.2. The molecule has 3 saturated carbocycles. The van der Waals surface area contributed by atoms with Gasteiger partial charge in [0.05, 0.1) is 12.6 Å². The monoisotopic (exact) mass is 546 g/mol. The number of fused-ring (bicyclic) bond motifs is 6. The summed E-state index contributed by atoms with van der Waals surface area (Å²) in [6, 6.07) is 9.04. The highest BCUT2D eigenvalue weighted by Crippen LogP contribution is 2.72. The van der Waals surface area contributed by atoms with E-state index in [4.69, 9.17) is 9.47 Å². The summed E-state index contributed by atoms with van der Waals surface area (Å²) in [5.74, 6) is 0.326. The molecule has 3 aliphatic carbocycles. The van der Waals surface area contributed by atoms with E-state index in [1.54, 1.807) is 16.5 Å². The van der Waals surface area contributed by atoms with Crippen molar-refractivity contribution < 1.29 is 23.9 Å². The Hall–Kier alpha value is -3.62. The standard InChI is InChI=1S/C31H38N4O5/c1-5-18(3)19(4)40-22-13-11-20(12-14-22)17-34-28(36)26-16-25(29(37)39-6-2)33-35(26)27-23-15-24(23)31(27,34)30(38)32-21-9-7-8-10-21/h5,11-14,16,18-19,21,23-24,27H,1,6-10,15,17H2,2-4H3,(H,32,38). The van der Waals surface area contributed by atoms with Crippen molar-refractivity contribution in [1.29, 1.82) is 0 Å². The Balaban J connectivity index is 1.33. The third kappa shape index (κ3) is 4.12. The van der Waals surface area contributed by atoms with Crippen LogP contribution in [-0.4, -0.2) is 56.8 Å². The van der Waals surface area contributed by atoms with Gasteiger partial charge in [-0.2, -0.15) is 5.10 Å². The summed E-state index contributed by atoms with van der Waals surface area (Å²) in [5, 5.41) is 7.83. The number of carbonyl (C=O) groups excluding carboxylic acids is 3. The van der Waals surface area contributed by atoms with Gasteiger partial charge in [-0.3, -0.25) is 14.3 Å². The summed E-state index contributed by atoms with van der Waals surface area (Å²) >= 11 is 0. The van der Waals surface area contributed by atoms with Crippen LogP contribution in [0.15, 0.2) is 43.0 Å². The van der Waals surface area contributed by atoms with Crippen LogP contribution in [0.5, 0.6) is 5.75 Å². The lowest BCUT2D eigenvalue weighted by Gasteiger charge is -2.56. The molecule has 0 radical (unpaired) electrons. The minimum Gasteiger partial charge on any atom is -0.490 e. The number of nitrogens with one attached hydrogen (secondary N) is 1. The van der Waals surface area contributed by atoms with Crippen LogP contribution in [0.3, 0.4) is 0 Å². The summed E-state index contributed by atoms with van der Waals surface area (Å²) in [7, 11) is 0. The number of benzene rings is 1. The van der Waals surface area contributed by atoms with E-state index in [0.717, 1.165) is 43.4 Å². The van der Waals surface area contributed by atoms with Gasteiger partial charge in [-0.05, 0) is 62.6 Å². The fourth-order valence-electron chi connectivity index (χ4n) is 6.97. The molecule has 0 spiro atoms. The number of hydrogen-bond donors (Lipinski definition) is 1. The van der Waals surface area contributed by atoms with E-state index in [2.05, 4.69) is 23.9 Å². The molecule has 3 fully saturated rings. The summed E-state index contributed by atoms with van der Waals surface area (Å²) in [4.78, 5) is 42.6. The molecule has 212 valence electrons. The molecule has 6 atom stereocenters. The van der Waals surface area contributed by atoms with E-state index < -0.39 is 11.5 Å². The van der Waals surface area contributed by atoms with Gasteiger partial charge in [0, 0.05) is 24.6 Å². The number of esters is 1. The number of amides is 2. The van der Waals surface area contributed by atoms with Gasteiger partial charge in [-0.15, -0.1) is 6.58 Å². The van der Waals surface area contributed by atoms with Crippen molar-refractivity contribution in [1.82, 2.24) is 20.0 Å². The Bertz CT molecular complexity index is 1330. The van der Waals surface area contributed by atoms with Gasteiger partial charge in [0.15, 0.2) is 5.69 Å². The number of aromatic nitrogens is 2. The molecule has 2 aromatic rings. The predicted molar refractivity (Wildman–Crippen MR) is 148 cm³/mol. The van der Waals surface area contributed by atoms with E-state index in [-0.39, 0.29) is 66.6 Å². The normalized spacial score (nSPS) is 27.9. The number of ether oxygens (including phenoxy) is 2. The lowest BCUT2D eigenvalue weighted by Crippen LogP contribution is -2.74. The largest absolute Gasteiger partial charge is 0.490 e. The van der Waals surface area contributed by atoms with Crippen molar-refractivity contribution in [2.24, 2.45) is 17.8 Å². The van der Waals surface area contributed by atoms with Gasteiger partial charge in [-0.25, -0.2) is 4.79 Å². The van der Waals surface area contributed by atoms with Crippen molar-refractivity contribution in [2.45, 2.75) is 83.1 Å². The molecule has 6 unspecified atom stereocenters. The second kappa shape index (κ2) is 10.1. The van der Waals surface area contributed by atoms with Gasteiger partial charge in [0.2, 0.25) is 5.91 Å². The van der Waals surface area contributed by atoms with Crippen molar-refractivity contribution in [3.63, 3.8) is 0 Å². The van der Waals surface area contributed by atoms with Crippen LogP contribution < -0.4 is 10.1 Å². The highest BCUT2D eigenvalue weighted by molar-refractivity contribution is 6.03. The third-order valence-electron chi connectivity index (χ3n) is 9.41. The van der Waals surface area contributed by atoms with E-state index >= 15 is 0 Å². The zero-order valence-corrected chi connectivity index (χ0v) is 23.5. The van der Waals surface area contributed by atoms with Gasteiger partial charge >= 0.3 is 5.97 Å². The Kier molecular flexibility index (Phi) is 6.71. The fourth-order valence-corrected chi connectivity index (χ4v) is 6.97. The molecule has 9 heteroatoms. The molecule has 1 aliphatic heterocycles. The molecule has 4 aliphatic rings. The quantitative estimate of drug-likeness (QED) is 0.352. The van der Waals surface area contributed by atoms with Gasteiger partial charge in [-0.1, -0.05) is 38.0 Å². The Morgan fingerprint density at radius 1 is 1.23 bits per heavy atom. The maximum absolute atomic E-state index is 14.2. The minimum atomic E-state index is -1.03. The van der Waals surface area contributed by atoms with E-state index in [9.17, 15) is 14.4 Å². The second-order valence-corrected chi connectivity index (χ2v) is 11.8. The third-order valence-corrected chi connectivity index (χ3v) is 9.41. The maximum Gasteiger partial charge on any atom is 0.358 e. The van der Waals surface area contributed by atoms with E-state index in [0.29, 0.717) is 5.69 Å².